The van der Waals surface area contributed by atoms with Gasteiger partial charge in [0.05, 0.1) is 42.3 Å². The number of rotatable bonds is 6. The molecule has 0 N–H and O–H groups in total. The molecule has 41 heavy (non-hydrogen) atoms. The predicted molar refractivity (Wildman–Crippen MR) is 143 cm³/mol. The minimum Gasteiger partial charge on any atom is -0.442 e. The van der Waals surface area contributed by atoms with E-state index < -0.39 is 23.4 Å². The van der Waals surface area contributed by atoms with E-state index in [9.17, 15) is 10.1 Å². The van der Waals surface area contributed by atoms with E-state index in [0.717, 1.165) is 5.82 Å². The number of nitriles is 2. The van der Waals surface area contributed by atoms with Crippen molar-refractivity contribution in [1.29, 1.82) is 10.5 Å². The second-order valence-corrected chi connectivity index (χ2v) is 10.5. The van der Waals surface area contributed by atoms with Crippen LogP contribution in [-0.2, 0) is 16.7 Å². The summed E-state index contributed by atoms with van der Waals surface area (Å²) >= 11 is 0. The molecule has 0 radical (unpaired) electrons. The molecule has 4 aromatic rings. The fourth-order valence-electron chi connectivity index (χ4n) is 6.13. The molecule has 202 valence electrons. The van der Waals surface area contributed by atoms with Crippen molar-refractivity contribution in [1.82, 2.24) is 25.0 Å². The molecule has 12 heteroatoms. The molecule has 1 aliphatic carbocycles. The Morgan fingerprint density at radius 1 is 1.05 bits per heavy atom. The molecule has 11 nitrogen and oxygen atoms in total. The van der Waals surface area contributed by atoms with Crippen molar-refractivity contribution in [3.05, 3.63) is 84.3 Å². The minimum atomic E-state index is -0.678. The van der Waals surface area contributed by atoms with Gasteiger partial charge in [0.25, 0.3) is 0 Å². The van der Waals surface area contributed by atoms with Gasteiger partial charge in [-0.05, 0) is 36.4 Å². The zero-order valence-corrected chi connectivity index (χ0v) is 21.6. The molecule has 1 aromatic carbocycles. The molecule has 2 aliphatic heterocycles. The van der Waals surface area contributed by atoms with Crippen LogP contribution in [0.25, 0.3) is 11.1 Å². The number of ether oxygens (including phenoxy) is 1. The standard InChI is InChI=1S/C29H22FN9O2/c30-25-9-20(39-14-21(41-28(39)40)13-38-8-7-35-36-38)3-4-22(25)19-2-5-26(33-12-19)29(17-32)23-15-37(16-24(23)29)27-6-1-18(10-31)11-34-27/h1-9,11-12,21,23-24H,13-16H2/t21-,23-,24+,29+/m0/s1. The van der Waals surface area contributed by atoms with E-state index in [1.165, 1.54) is 11.0 Å². The first-order chi connectivity index (χ1) is 20.0. The van der Waals surface area contributed by atoms with E-state index in [2.05, 4.69) is 37.3 Å². The zero-order valence-electron chi connectivity index (χ0n) is 21.6. The number of piperidine rings is 1. The Hall–Kier alpha value is -5.36. The molecule has 0 spiro atoms. The van der Waals surface area contributed by atoms with Gasteiger partial charge in [-0.25, -0.2) is 18.9 Å². The highest BCUT2D eigenvalue weighted by Crippen LogP contribution is 2.63. The van der Waals surface area contributed by atoms with Crippen molar-refractivity contribution >= 4 is 17.6 Å². The topological polar surface area (TPSA) is 137 Å². The fraction of sp³-hybridized carbons (Fsp3) is 0.276. The number of hydrogen-bond acceptors (Lipinski definition) is 9. The normalized spacial score (nSPS) is 24.5. The van der Waals surface area contributed by atoms with E-state index in [1.54, 1.807) is 59.8 Å². The maximum absolute atomic E-state index is 15.3. The van der Waals surface area contributed by atoms with E-state index in [4.69, 9.17) is 10.00 Å². The van der Waals surface area contributed by atoms with Crippen LogP contribution in [0.4, 0.5) is 20.7 Å². The Balaban J connectivity index is 1.04. The van der Waals surface area contributed by atoms with E-state index in [-0.39, 0.29) is 18.4 Å². The number of anilines is 2. The Morgan fingerprint density at radius 2 is 1.90 bits per heavy atom. The van der Waals surface area contributed by atoms with Gasteiger partial charge in [-0.2, -0.15) is 10.5 Å². The van der Waals surface area contributed by atoms with Crippen LogP contribution in [0, 0.1) is 40.3 Å². The van der Waals surface area contributed by atoms with Gasteiger partial charge in [0.2, 0.25) is 0 Å². The van der Waals surface area contributed by atoms with Crippen LogP contribution in [0.1, 0.15) is 11.3 Å². The van der Waals surface area contributed by atoms with Crippen molar-refractivity contribution in [2.75, 3.05) is 29.4 Å². The molecule has 2 saturated heterocycles. The average molecular weight is 548 g/mol. The van der Waals surface area contributed by atoms with E-state index >= 15 is 4.39 Å². The lowest BCUT2D eigenvalue weighted by molar-refractivity contribution is 0.129. The minimum absolute atomic E-state index is 0.118. The predicted octanol–water partition coefficient (Wildman–Crippen LogP) is 3.30. The SMILES string of the molecule is N#Cc1ccc(N2C[C@@H]3[C@H](C2)[C@@]3(C#N)c2ccc(-c3ccc(N4C[C@H](Cn5ccnn5)OC4=O)cc3F)cn2)nc1. The molecule has 0 bridgehead atoms. The summed E-state index contributed by atoms with van der Waals surface area (Å²) in [5.74, 6) is 0.535. The molecule has 3 aromatic heterocycles. The number of fused-ring (bicyclic) bond motifs is 1. The van der Waals surface area contributed by atoms with Gasteiger partial charge in [-0.15, -0.1) is 5.10 Å². The van der Waals surface area contributed by atoms with Gasteiger partial charge >= 0.3 is 6.09 Å². The number of benzene rings is 1. The largest absolute Gasteiger partial charge is 0.442 e. The Bertz CT molecular complexity index is 1700. The summed E-state index contributed by atoms with van der Waals surface area (Å²) in [6.45, 7) is 1.98. The second-order valence-electron chi connectivity index (χ2n) is 10.5. The molecule has 3 aliphatic rings. The Labute approximate surface area is 234 Å². The monoisotopic (exact) mass is 547 g/mol. The van der Waals surface area contributed by atoms with Crippen molar-refractivity contribution in [2.24, 2.45) is 11.8 Å². The third kappa shape index (κ3) is 4.03. The molecule has 3 fully saturated rings. The van der Waals surface area contributed by atoms with Crippen molar-refractivity contribution in [3.8, 4) is 23.3 Å². The van der Waals surface area contributed by atoms with Crippen LogP contribution in [0.3, 0.4) is 0 Å². The molecule has 1 amide bonds. The molecule has 1 saturated carbocycles. The summed E-state index contributed by atoms with van der Waals surface area (Å²) < 4.78 is 22.3. The van der Waals surface area contributed by atoms with Gasteiger partial charge in [0, 0.05) is 54.6 Å². The van der Waals surface area contributed by atoms with Gasteiger partial charge in [0.15, 0.2) is 0 Å². The highest BCUT2D eigenvalue weighted by atomic mass is 19.1. The van der Waals surface area contributed by atoms with Crippen LogP contribution in [0.2, 0.25) is 0 Å². The zero-order chi connectivity index (χ0) is 28.1. The number of carbonyl (C=O) groups excluding carboxylic acids is 1. The van der Waals surface area contributed by atoms with Crippen molar-refractivity contribution in [2.45, 2.75) is 18.1 Å². The number of halogens is 1. The second kappa shape index (κ2) is 9.38. The maximum Gasteiger partial charge on any atom is 0.414 e. The smallest absolute Gasteiger partial charge is 0.414 e. The molecule has 0 unspecified atom stereocenters. The summed E-state index contributed by atoms with van der Waals surface area (Å²) in [7, 11) is 0. The molecule has 7 rings (SSSR count). The first-order valence-electron chi connectivity index (χ1n) is 13.1. The van der Waals surface area contributed by atoms with E-state index in [1.807, 2.05) is 6.07 Å². The van der Waals surface area contributed by atoms with Crippen LogP contribution in [-0.4, -0.2) is 56.8 Å². The number of amides is 1. The Kier molecular flexibility index (Phi) is 5.64. The summed E-state index contributed by atoms with van der Waals surface area (Å²) in [6, 6.07) is 16.3. The summed E-state index contributed by atoms with van der Waals surface area (Å²) in [6.07, 6.45) is 5.41. The Morgan fingerprint density at radius 3 is 2.54 bits per heavy atom. The van der Waals surface area contributed by atoms with Crippen LogP contribution < -0.4 is 9.80 Å². The number of hydrogen-bond donors (Lipinski definition) is 0. The van der Waals surface area contributed by atoms with Crippen molar-refractivity contribution in [3.63, 3.8) is 0 Å². The summed E-state index contributed by atoms with van der Waals surface area (Å²) in [5.41, 5.74) is 1.83. The summed E-state index contributed by atoms with van der Waals surface area (Å²) in [5, 5.41) is 26.8. The maximum atomic E-state index is 15.3. The van der Waals surface area contributed by atoms with E-state index in [0.29, 0.717) is 47.7 Å². The molecular weight excluding hydrogens is 525 g/mol. The summed E-state index contributed by atoms with van der Waals surface area (Å²) in [4.78, 5) is 24.9. The molecular formula is C29H22FN9O2. The van der Waals surface area contributed by atoms with Gasteiger partial charge < -0.3 is 9.64 Å². The molecule has 4 atom stereocenters. The molecule has 5 heterocycles. The third-order valence-corrected chi connectivity index (χ3v) is 8.27. The van der Waals surface area contributed by atoms with Gasteiger partial charge in [-0.1, -0.05) is 11.3 Å². The first kappa shape index (κ1) is 24.7. The number of cyclic esters (lactones) is 1. The fourth-order valence-corrected chi connectivity index (χ4v) is 6.13. The van der Waals surface area contributed by atoms with Crippen LogP contribution in [0.5, 0.6) is 0 Å². The number of nitrogens with zero attached hydrogens (tertiary/aromatic N) is 9. The number of pyridine rings is 2. The van der Waals surface area contributed by atoms with Crippen LogP contribution >= 0.6 is 0 Å². The number of aromatic nitrogens is 5. The van der Waals surface area contributed by atoms with Crippen LogP contribution in [0.15, 0.2) is 67.3 Å². The lowest BCUT2D eigenvalue weighted by Gasteiger charge is -2.23. The lowest BCUT2D eigenvalue weighted by Crippen LogP contribution is -2.30. The van der Waals surface area contributed by atoms with Gasteiger partial charge in [-0.3, -0.25) is 9.88 Å². The van der Waals surface area contributed by atoms with Gasteiger partial charge in [0.1, 0.15) is 29.2 Å². The third-order valence-electron chi connectivity index (χ3n) is 8.27. The lowest BCUT2D eigenvalue weighted by atomic mass is 9.95. The first-order valence-corrected chi connectivity index (χ1v) is 13.1. The highest BCUT2D eigenvalue weighted by molar-refractivity contribution is 5.90. The quantitative estimate of drug-likeness (QED) is 0.356. The highest BCUT2D eigenvalue weighted by Gasteiger charge is 2.71. The average Bonchev–Trinajstić information content (AvgIpc) is 3.50. The number of carbonyl (C=O) groups is 1. The van der Waals surface area contributed by atoms with Crippen molar-refractivity contribution < 1.29 is 13.9 Å².